The number of rotatable bonds is 5. The molecule has 0 saturated heterocycles. The van der Waals surface area contributed by atoms with E-state index in [0.717, 1.165) is 0 Å². The third-order valence-corrected chi connectivity index (χ3v) is 3.39. The lowest BCUT2D eigenvalue weighted by molar-refractivity contribution is -0.123. The number of halogens is 1. The molecule has 0 atom stereocenters. The SMILES string of the molecule is COC(=O)c1ccc(C(=O)NNC(=O)COc2ccccc2Cl)cc1. The predicted molar refractivity (Wildman–Crippen MR) is 90.3 cm³/mol. The van der Waals surface area contributed by atoms with E-state index in [2.05, 4.69) is 15.6 Å². The largest absolute Gasteiger partial charge is 0.482 e. The standard InChI is InChI=1S/C17H15ClN2O5/c1-24-17(23)12-8-6-11(7-9-12)16(22)20-19-15(21)10-25-14-5-3-2-4-13(14)18/h2-9H,10H2,1H3,(H,19,21)(H,20,22). The van der Waals surface area contributed by atoms with E-state index in [0.29, 0.717) is 16.3 Å². The van der Waals surface area contributed by atoms with E-state index in [1.807, 2.05) is 0 Å². The second kappa shape index (κ2) is 8.70. The number of methoxy groups -OCH3 is 1. The molecule has 0 unspecified atom stereocenters. The van der Waals surface area contributed by atoms with Crippen molar-refractivity contribution in [3.8, 4) is 5.75 Å². The molecule has 0 radical (unpaired) electrons. The number of hydrazine groups is 1. The van der Waals surface area contributed by atoms with Crippen molar-refractivity contribution in [1.29, 1.82) is 0 Å². The Hall–Kier alpha value is -3.06. The van der Waals surface area contributed by atoms with Crippen molar-refractivity contribution in [2.24, 2.45) is 0 Å². The minimum atomic E-state index is -0.556. The maximum Gasteiger partial charge on any atom is 0.337 e. The van der Waals surface area contributed by atoms with Gasteiger partial charge in [-0.25, -0.2) is 4.79 Å². The molecule has 130 valence electrons. The van der Waals surface area contributed by atoms with Crippen LogP contribution in [-0.2, 0) is 9.53 Å². The van der Waals surface area contributed by atoms with E-state index in [1.165, 1.54) is 31.4 Å². The van der Waals surface area contributed by atoms with Gasteiger partial charge >= 0.3 is 5.97 Å². The number of nitrogens with one attached hydrogen (secondary N) is 2. The number of amides is 2. The number of hydrogen-bond donors (Lipinski definition) is 2. The first-order valence-corrected chi connectivity index (χ1v) is 7.54. The Morgan fingerprint density at radius 3 is 2.24 bits per heavy atom. The molecule has 0 saturated carbocycles. The summed E-state index contributed by atoms with van der Waals surface area (Å²) in [6, 6.07) is 12.5. The fourth-order valence-corrected chi connectivity index (χ4v) is 2.01. The first-order chi connectivity index (χ1) is 12.0. The molecular formula is C17H15ClN2O5. The molecule has 25 heavy (non-hydrogen) atoms. The van der Waals surface area contributed by atoms with E-state index < -0.39 is 17.8 Å². The Kier molecular flexibility index (Phi) is 6.36. The van der Waals surface area contributed by atoms with Crippen molar-refractivity contribution < 1.29 is 23.9 Å². The monoisotopic (exact) mass is 362 g/mol. The molecule has 7 nitrogen and oxygen atoms in total. The van der Waals surface area contributed by atoms with Gasteiger partial charge in [-0.1, -0.05) is 23.7 Å². The molecule has 2 N–H and O–H groups in total. The molecule has 0 aliphatic heterocycles. The molecule has 0 fully saturated rings. The molecule has 0 aliphatic carbocycles. The summed E-state index contributed by atoms with van der Waals surface area (Å²) in [5.41, 5.74) is 5.05. The van der Waals surface area contributed by atoms with Gasteiger partial charge in [-0.15, -0.1) is 0 Å². The molecule has 0 aliphatic rings. The summed E-state index contributed by atoms with van der Waals surface area (Å²) in [5, 5.41) is 0.380. The van der Waals surface area contributed by atoms with Gasteiger partial charge in [-0.3, -0.25) is 20.4 Å². The van der Waals surface area contributed by atoms with E-state index in [1.54, 1.807) is 24.3 Å². The molecule has 0 heterocycles. The van der Waals surface area contributed by atoms with Crippen molar-refractivity contribution in [3.63, 3.8) is 0 Å². The topological polar surface area (TPSA) is 93.7 Å². The highest BCUT2D eigenvalue weighted by Crippen LogP contribution is 2.22. The van der Waals surface area contributed by atoms with Crippen molar-refractivity contribution in [1.82, 2.24) is 10.9 Å². The van der Waals surface area contributed by atoms with Gasteiger partial charge in [0.2, 0.25) is 0 Å². The van der Waals surface area contributed by atoms with E-state index >= 15 is 0 Å². The number of esters is 1. The zero-order valence-corrected chi connectivity index (χ0v) is 14.0. The summed E-state index contributed by atoms with van der Waals surface area (Å²) in [6.07, 6.45) is 0. The minimum Gasteiger partial charge on any atom is -0.482 e. The Morgan fingerprint density at radius 2 is 1.60 bits per heavy atom. The van der Waals surface area contributed by atoms with Crippen LogP contribution >= 0.6 is 11.6 Å². The predicted octanol–water partition coefficient (Wildman–Crippen LogP) is 1.97. The highest BCUT2D eigenvalue weighted by Gasteiger charge is 2.10. The van der Waals surface area contributed by atoms with Gasteiger partial charge in [0.1, 0.15) is 5.75 Å². The van der Waals surface area contributed by atoms with Crippen LogP contribution in [0.5, 0.6) is 5.75 Å². The van der Waals surface area contributed by atoms with Crippen LogP contribution in [0.1, 0.15) is 20.7 Å². The number of ether oxygens (including phenoxy) is 2. The normalized spacial score (nSPS) is 9.84. The lowest BCUT2D eigenvalue weighted by atomic mass is 10.1. The quantitative estimate of drug-likeness (QED) is 0.626. The first kappa shape index (κ1) is 18.3. The lowest BCUT2D eigenvalue weighted by Crippen LogP contribution is -2.43. The molecule has 2 rings (SSSR count). The fraction of sp³-hybridized carbons (Fsp3) is 0.118. The number of carbonyl (C=O) groups excluding carboxylic acids is 3. The summed E-state index contributed by atoms with van der Waals surface area (Å²) in [5.74, 6) is -1.23. The molecule has 2 aromatic rings. The summed E-state index contributed by atoms with van der Waals surface area (Å²) >= 11 is 5.90. The summed E-state index contributed by atoms with van der Waals surface area (Å²) in [4.78, 5) is 34.9. The van der Waals surface area contributed by atoms with Crippen LogP contribution in [-0.4, -0.2) is 31.5 Å². The van der Waals surface area contributed by atoms with Crippen LogP contribution in [0.15, 0.2) is 48.5 Å². The minimum absolute atomic E-state index is 0.264. The summed E-state index contributed by atoms with van der Waals surface area (Å²) < 4.78 is 9.81. The van der Waals surface area contributed by atoms with Crippen LogP contribution in [0, 0.1) is 0 Å². The second-order valence-electron chi connectivity index (χ2n) is 4.79. The van der Waals surface area contributed by atoms with Crippen LogP contribution in [0.25, 0.3) is 0 Å². The van der Waals surface area contributed by atoms with Crippen molar-refractivity contribution in [2.75, 3.05) is 13.7 Å². The number of benzene rings is 2. The van der Waals surface area contributed by atoms with E-state index in [9.17, 15) is 14.4 Å². The van der Waals surface area contributed by atoms with E-state index in [4.69, 9.17) is 16.3 Å². The zero-order chi connectivity index (χ0) is 18.2. The van der Waals surface area contributed by atoms with E-state index in [-0.39, 0.29) is 12.2 Å². The number of para-hydroxylation sites is 1. The maximum absolute atomic E-state index is 11.9. The Balaban J connectivity index is 1.82. The zero-order valence-electron chi connectivity index (χ0n) is 13.2. The van der Waals surface area contributed by atoms with Crippen LogP contribution < -0.4 is 15.6 Å². The Morgan fingerprint density at radius 1 is 0.960 bits per heavy atom. The molecule has 0 bridgehead atoms. The first-order valence-electron chi connectivity index (χ1n) is 7.16. The average Bonchev–Trinajstić information content (AvgIpc) is 2.65. The number of hydrogen-bond acceptors (Lipinski definition) is 5. The van der Waals surface area contributed by atoms with Gasteiger partial charge in [0, 0.05) is 5.56 Å². The maximum atomic E-state index is 11.9. The summed E-state index contributed by atoms with van der Waals surface area (Å²) in [7, 11) is 1.27. The van der Waals surface area contributed by atoms with Gasteiger partial charge < -0.3 is 9.47 Å². The molecule has 8 heteroatoms. The molecule has 2 amide bonds. The average molecular weight is 363 g/mol. The van der Waals surface area contributed by atoms with Crippen LogP contribution in [0.2, 0.25) is 5.02 Å². The summed E-state index contributed by atoms with van der Waals surface area (Å²) in [6.45, 7) is -0.314. The Bertz CT molecular complexity index is 777. The third-order valence-electron chi connectivity index (χ3n) is 3.08. The number of carbonyl (C=O) groups is 3. The molecule has 0 spiro atoms. The highest BCUT2D eigenvalue weighted by molar-refractivity contribution is 6.32. The van der Waals surface area contributed by atoms with Crippen molar-refractivity contribution >= 4 is 29.4 Å². The Labute approximate surface area is 148 Å². The van der Waals surface area contributed by atoms with Crippen molar-refractivity contribution in [2.45, 2.75) is 0 Å². The lowest BCUT2D eigenvalue weighted by Gasteiger charge is -2.09. The third kappa shape index (κ3) is 5.22. The van der Waals surface area contributed by atoms with Gasteiger partial charge in [0.25, 0.3) is 11.8 Å². The van der Waals surface area contributed by atoms with Gasteiger partial charge in [0.05, 0.1) is 17.7 Å². The highest BCUT2D eigenvalue weighted by atomic mass is 35.5. The van der Waals surface area contributed by atoms with Gasteiger partial charge in [0.15, 0.2) is 6.61 Å². The van der Waals surface area contributed by atoms with Crippen LogP contribution in [0.4, 0.5) is 0 Å². The smallest absolute Gasteiger partial charge is 0.337 e. The van der Waals surface area contributed by atoms with Gasteiger partial charge in [-0.05, 0) is 36.4 Å². The molecular weight excluding hydrogens is 348 g/mol. The van der Waals surface area contributed by atoms with Crippen LogP contribution in [0.3, 0.4) is 0 Å². The van der Waals surface area contributed by atoms with Crippen molar-refractivity contribution in [3.05, 3.63) is 64.7 Å². The molecule has 0 aromatic heterocycles. The fourth-order valence-electron chi connectivity index (χ4n) is 1.82. The molecule has 2 aromatic carbocycles. The van der Waals surface area contributed by atoms with Gasteiger partial charge in [-0.2, -0.15) is 0 Å². The second-order valence-corrected chi connectivity index (χ2v) is 5.20.